The van der Waals surface area contributed by atoms with E-state index in [1.165, 1.54) is 11.3 Å². The van der Waals surface area contributed by atoms with Gasteiger partial charge in [-0.2, -0.15) is 0 Å². The van der Waals surface area contributed by atoms with Crippen molar-refractivity contribution < 1.29 is 0 Å². The minimum absolute atomic E-state index is 1.02. The van der Waals surface area contributed by atoms with Crippen LogP contribution in [0.2, 0.25) is 0 Å². The summed E-state index contributed by atoms with van der Waals surface area (Å²) in [5.41, 5.74) is 3.59. The molecule has 2 nitrogen and oxygen atoms in total. The number of hydrogen-bond donors (Lipinski definition) is 2. The van der Waals surface area contributed by atoms with Crippen molar-refractivity contribution in [2.45, 2.75) is 20.3 Å². The van der Waals surface area contributed by atoms with Crippen LogP contribution in [0.1, 0.15) is 30.8 Å². The number of likely N-dealkylation sites (N-methyl/N-ethyl adjacent to an activating group) is 1. The van der Waals surface area contributed by atoms with E-state index < -0.39 is 0 Å². The van der Waals surface area contributed by atoms with Gasteiger partial charge < -0.3 is 10.3 Å². The lowest BCUT2D eigenvalue weighted by atomic mass is 10.2. The van der Waals surface area contributed by atoms with Crippen LogP contribution in [0.3, 0.4) is 0 Å². The second kappa shape index (κ2) is 6.25. The Balaban J connectivity index is 2.69. The highest BCUT2D eigenvalue weighted by Crippen LogP contribution is 2.14. The number of hydrogen-bond acceptors (Lipinski definition) is 1. The van der Waals surface area contributed by atoms with E-state index in [0.717, 1.165) is 25.2 Å². The number of aromatic nitrogens is 1. The third-order valence-corrected chi connectivity index (χ3v) is 2.31. The summed E-state index contributed by atoms with van der Waals surface area (Å²) in [4.78, 5) is 3.39. The van der Waals surface area contributed by atoms with Crippen molar-refractivity contribution in [2.75, 3.05) is 13.1 Å². The molecule has 1 aromatic rings. The molecule has 0 aliphatic rings. The zero-order valence-corrected chi connectivity index (χ0v) is 9.64. The highest BCUT2D eigenvalue weighted by molar-refractivity contribution is 5.62. The molecular weight excluding hydrogens is 184 g/mol. The standard InChI is InChI=1S/C13H20N2/c1-4-7-13-11(5-2)10-12(15-13)8-9-14-6-3/h4-5,7,10,14-15H,2,6,8-9H2,1,3H3/b7-4-. The van der Waals surface area contributed by atoms with E-state index >= 15 is 0 Å². The maximum Gasteiger partial charge on any atom is 0.0452 e. The Morgan fingerprint density at radius 3 is 2.93 bits per heavy atom. The molecule has 0 radical (unpaired) electrons. The largest absolute Gasteiger partial charge is 0.358 e. The molecule has 0 bridgehead atoms. The molecule has 0 saturated carbocycles. The second-order valence-corrected chi connectivity index (χ2v) is 3.47. The summed E-state index contributed by atoms with van der Waals surface area (Å²) in [6.07, 6.45) is 7.04. The molecule has 0 unspecified atom stereocenters. The Hall–Kier alpha value is -1.28. The fourth-order valence-corrected chi connectivity index (χ4v) is 1.55. The number of nitrogens with one attached hydrogen (secondary N) is 2. The lowest BCUT2D eigenvalue weighted by molar-refractivity contribution is 0.710. The van der Waals surface area contributed by atoms with Crippen molar-refractivity contribution in [1.82, 2.24) is 10.3 Å². The first kappa shape index (κ1) is 11.8. The van der Waals surface area contributed by atoms with Crippen molar-refractivity contribution in [1.29, 1.82) is 0 Å². The summed E-state index contributed by atoms with van der Waals surface area (Å²) in [5, 5.41) is 3.31. The predicted octanol–water partition coefficient (Wildman–Crippen LogP) is 2.84. The number of rotatable bonds is 6. The van der Waals surface area contributed by atoms with Gasteiger partial charge in [-0.15, -0.1) is 0 Å². The van der Waals surface area contributed by atoms with Gasteiger partial charge in [-0.25, -0.2) is 0 Å². The van der Waals surface area contributed by atoms with Crippen LogP contribution in [0.15, 0.2) is 18.7 Å². The molecule has 1 rings (SSSR count). The van der Waals surface area contributed by atoms with Crippen LogP contribution in [0.25, 0.3) is 12.2 Å². The highest BCUT2D eigenvalue weighted by Gasteiger charge is 2.02. The summed E-state index contributed by atoms with van der Waals surface area (Å²) < 4.78 is 0. The summed E-state index contributed by atoms with van der Waals surface area (Å²) in [6.45, 7) is 10.00. The maximum atomic E-state index is 3.81. The minimum atomic E-state index is 1.02. The Kier molecular flexibility index (Phi) is 4.91. The Bertz CT molecular complexity index is 334. The molecule has 82 valence electrons. The van der Waals surface area contributed by atoms with Gasteiger partial charge in [-0.05, 0) is 37.6 Å². The zero-order chi connectivity index (χ0) is 11.1. The Labute approximate surface area is 92.1 Å². The number of H-pyrrole nitrogens is 1. The van der Waals surface area contributed by atoms with E-state index in [1.54, 1.807) is 0 Å². The van der Waals surface area contributed by atoms with Gasteiger partial charge in [0.15, 0.2) is 0 Å². The SMILES string of the molecule is C=Cc1cc(CCNCC)[nH]c1/C=C\C. The van der Waals surface area contributed by atoms with Gasteiger partial charge >= 0.3 is 0 Å². The average Bonchev–Trinajstić information content (AvgIpc) is 2.62. The number of aromatic amines is 1. The Morgan fingerprint density at radius 1 is 1.53 bits per heavy atom. The topological polar surface area (TPSA) is 27.8 Å². The molecule has 0 aliphatic carbocycles. The third-order valence-electron chi connectivity index (χ3n) is 2.31. The van der Waals surface area contributed by atoms with E-state index in [9.17, 15) is 0 Å². The van der Waals surface area contributed by atoms with Crippen LogP contribution in [0.5, 0.6) is 0 Å². The van der Waals surface area contributed by atoms with Crippen LogP contribution in [-0.2, 0) is 6.42 Å². The van der Waals surface area contributed by atoms with Gasteiger partial charge in [-0.3, -0.25) is 0 Å². The maximum absolute atomic E-state index is 3.81. The molecule has 0 saturated heterocycles. The lowest BCUT2D eigenvalue weighted by Gasteiger charge is -1.98. The molecule has 2 heteroatoms. The molecule has 2 N–H and O–H groups in total. The van der Waals surface area contributed by atoms with E-state index in [-0.39, 0.29) is 0 Å². The van der Waals surface area contributed by atoms with Gasteiger partial charge in [0.25, 0.3) is 0 Å². The van der Waals surface area contributed by atoms with E-state index in [0.29, 0.717) is 0 Å². The van der Waals surface area contributed by atoms with Gasteiger partial charge in [-0.1, -0.05) is 25.7 Å². The third kappa shape index (κ3) is 3.40. The molecule has 0 amide bonds. The molecule has 0 fully saturated rings. The van der Waals surface area contributed by atoms with Crippen LogP contribution in [0.4, 0.5) is 0 Å². The van der Waals surface area contributed by atoms with Crippen LogP contribution in [0, 0.1) is 0 Å². The monoisotopic (exact) mass is 204 g/mol. The quantitative estimate of drug-likeness (QED) is 0.685. The fraction of sp³-hybridized carbons (Fsp3) is 0.385. The molecule has 1 heterocycles. The summed E-state index contributed by atoms with van der Waals surface area (Å²) >= 11 is 0. The summed E-state index contributed by atoms with van der Waals surface area (Å²) in [6, 6.07) is 2.17. The lowest BCUT2D eigenvalue weighted by Crippen LogP contribution is -2.16. The van der Waals surface area contributed by atoms with Crippen LogP contribution in [-0.4, -0.2) is 18.1 Å². The highest BCUT2D eigenvalue weighted by atomic mass is 14.8. The van der Waals surface area contributed by atoms with E-state index in [1.807, 2.05) is 19.1 Å². The molecule has 0 aromatic carbocycles. The van der Waals surface area contributed by atoms with Gasteiger partial charge in [0.05, 0.1) is 0 Å². The minimum Gasteiger partial charge on any atom is -0.358 e. The molecule has 0 atom stereocenters. The summed E-state index contributed by atoms with van der Waals surface area (Å²) in [5.74, 6) is 0. The van der Waals surface area contributed by atoms with Crippen molar-refractivity contribution in [2.24, 2.45) is 0 Å². The zero-order valence-electron chi connectivity index (χ0n) is 9.64. The smallest absolute Gasteiger partial charge is 0.0452 e. The van der Waals surface area contributed by atoms with Crippen molar-refractivity contribution in [3.8, 4) is 0 Å². The fourth-order valence-electron chi connectivity index (χ4n) is 1.55. The first-order chi connectivity index (χ1) is 7.31. The molecule has 1 aromatic heterocycles. The average molecular weight is 204 g/mol. The molecule has 15 heavy (non-hydrogen) atoms. The van der Waals surface area contributed by atoms with E-state index in [4.69, 9.17) is 0 Å². The first-order valence-corrected chi connectivity index (χ1v) is 5.49. The van der Waals surface area contributed by atoms with Crippen molar-refractivity contribution >= 4 is 12.2 Å². The van der Waals surface area contributed by atoms with E-state index in [2.05, 4.69) is 35.9 Å². The van der Waals surface area contributed by atoms with Crippen LogP contribution < -0.4 is 5.32 Å². The normalized spacial score (nSPS) is 11.1. The first-order valence-electron chi connectivity index (χ1n) is 5.49. The number of allylic oxidation sites excluding steroid dienone is 1. The van der Waals surface area contributed by atoms with Gasteiger partial charge in [0, 0.05) is 17.9 Å². The predicted molar refractivity (Wildman–Crippen MR) is 67.8 cm³/mol. The molecule has 0 spiro atoms. The summed E-state index contributed by atoms with van der Waals surface area (Å²) in [7, 11) is 0. The Morgan fingerprint density at radius 2 is 2.33 bits per heavy atom. The molecular formula is C13H20N2. The van der Waals surface area contributed by atoms with Crippen molar-refractivity contribution in [3.05, 3.63) is 35.7 Å². The molecule has 0 aliphatic heterocycles. The van der Waals surface area contributed by atoms with Gasteiger partial charge in [0.1, 0.15) is 0 Å². The second-order valence-electron chi connectivity index (χ2n) is 3.47. The van der Waals surface area contributed by atoms with Crippen molar-refractivity contribution in [3.63, 3.8) is 0 Å². The van der Waals surface area contributed by atoms with Gasteiger partial charge in [0.2, 0.25) is 0 Å². The van der Waals surface area contributed by atoms with Crippen LogP contribution >= 0.6 is 0 Å².